The quantitative estimate of drug-likeness (QED) is 0.323. The van der Waals surface area contributed by atoms with Gasteiger partial charge in [-0.05, 0) is 29.4 Å². The first-order chi connectivity index (χ1) is 17.5. The molecule has 3 aliphatic rings. The Morgan fingerprint density at radius 2 is 1.33 bits per heavy atom. The van der Waals surface area contributed by atoms with Gasteiger partial charge in [-0.1, -0.05) is 84.9 Å². The minimum absolute atomic E-state index is 0.103. The molecule has 4 nitrogen and oxygen atoms in total. The number of thioether (sulfide) groups is 1. The van der Waals surface area contributed by atoms with Crippen LogP contribution in [-0.4, -0.2) is 47.1 Å². The molecule has 176 valence electrons. The molecule has 0 bridgehead atoms. The fraction of sp³-hybridized carbons (Fsp3) is 0.194. The van der Waals surface area contributed by atoms with Gasteiger partial charge in [0, 0.05) is 39.8 Å². The molecule has 2 spiro atoms. The third-order valence-corrected chi connectivity index (χ3v) is 9.80. The number of carbonyl (C=O) groups excluding carboxylic acids is 3. The Morgan fingerprint density at radius 3 is 2.08 bits per heavy atom. The molecule has 0 radical (unpaired) electrons. The van der Waals surface area contributed by atoms with E-state index >= 15 is 0 Å². The van der Waals surface area contributed by atoms with Crippen molar-refractivity contribution in [2.45, 2.75) is 16.4 Å². The number of hydrogen-bond donors (Lipinski definition) is 0. The zero-order valence-electron chi connectivity index (χ0n) is 19.7. The first-order valence-corrected chi connectivity index (χ1v) is 13.1. The number of fused-ring (bicyclic) bond motifs is 4. The van der Waals surface area contributed by atoms with Crippen LogP contribution in [0.25, 0.3) is 10.8 Å². The summed E-state index contributed by atoms with van der Waals surface area (Å²) in [6, 6.07) is 28.9. The first kappa shape index (κ1) is 21.7. The molecule has 1 fully saturated rings. The van der Waals surface area contributed by atoms with E-state index in [4.69, 9.17) is 0 Å². The Labute approximate surface area is 213 Å². The highest BCUT2D eigenvalue weighted by atomic mass is 32.2. The summed E-state index contributed by atoms with van der Waals surface area (Å²) in [7, 11) is 1.84. The first-order valence-electron chi connectivity index (χ1n) is 12.2. The van der Waals surface area contributed by atoms with Crippen molar-refractivity contribution in [3.63, 3.8) is 0 Å². The molecule has 0 aromatic heterocycles. The van der Waals surface area contributed by atoms with Crippen LogP contribution in [0.2, 0.25) is 0 Å². The summed E-state index contributed by atoms with van der Waals surface area (Å²) in [6.45, 7) is 0.438. The lowest BCUT2D eigenvalue weighted by molar-refractivity contribution is 0.0361. The van der Waals surface area contributed by atoms with Crippen LogP contribution >= 0.6 is 11.8 Å². The molecule has 7 rings (SSSR count). The van der Waals surface area contributed by atoms with Gasteiger partial charge in [0.15, 0.2) is 22.9 Å². The number of carbonyl (C=O) groups is 3. The van der Waals surface area contributed by atoms with Crippen molar-refractivity contribution in [2.24, 2.45) is 5.41 Å². The van der Waals surface area contributed by atoms with E-state index in [1.54, 1.807) is 36.0 Å². The highest BCUT2D eigenvalue weighted by Crippen LogP contribution is 2.63. The van der Waals surface area contributed by atoms with Crippen molar-refractivity contribution in [1.29, 1.82) is 0 Å². The molecule has 4 aromatic rings. The maximum atomic E-state index is 14.8. The van der Waals surface area contributed by atoms with Gasteiger partial charge >= 0.3 is 0 Å². The van der Waals surface area contributed by atoms with Crippen LogP contribution in [0.5, 0.6) is 0 Å². The molecule has 0 N–H and O–H groups in total. The van der Waals surface area contributed by atoms with Gasteiger partial charge in [0.1, 0.15) is 0 Å². The molecular weight excluding hydrogens is 466 g/mol. The molecule has 5 heteroatoms. The van der Waals surface area contributed by atoms with E-state index < -0.39 is 11.0 Å². The molecule has 1 aliphatic carbocycles. The molecule has 1 saturated heterocycles. The fourth-order valence-corrected chi connectivity index (χ4v) is 8.42. The second-order valence-corrected chi connectivity index (χ2v) is 11.0. The maximum Gasteiger partial charge on any atom is 0.192 e. The molecular formula is C31H23NO3S. The largest absolute Gasteiger partial charge is 0.293 e. The Kier molecular flexibility index (Phi) is 4.51. The van der Waals surface area contributed by atoms with Gasteiger partial charge in [-0.3, -0.25) is 19.3 Å². The van der Waals surface area contributed by atoms with Crippen molar-refractivity contribution in [3.05, 3.63) is 113 Å². The Balaban J connectivity index is 1.56. The molecule has 0 unspecified atom stereocenters. The van der Waals surface area contributed by atoms with E-state index in [2.05, 4.69) is 24.3 Å². The van der Waals surface area contributed by atoms with E-state index in [1.807, 2.05) is 54.4 Å². The summed E-state index contributed by atoms with van der Waals surface area (Å²) in [5.74, 6) is -0.562. The van der Waals surface area contributed by atoms with E-state index in [9.17, 15) is 14.4 Å². The third-order valence-electron chi connectivity index (χ3n) is 8.53. The average molecular weight is 490 g/mol. The van der Waals surface area contributed by atoms with Crippen molar-refractivity contribution < 1.29 is 14.4 Å². The normalized spacial score (nSPS) is 24.6. The van der Waals surface area contributed by atoms with Crippen LogP contribution in [0.4, 0.5) is 0 Å². The number of likely N-dealkylation sites (N-methyl/N-ethyl adjacent to an activating group) is 1. The van der Waals surface area contributed by atoms with Crippen molar-refractivity contribution in [1.82, 2.24) is 4.90 Å². The minimum atomic E-state index is -1.57. The number of hydrogen-bond acceptors (Lipinski definition) is 5. The van der Waals surface area contributed by atoms with Crippen LogP contribution in [0, 0.1) is 5.41 Å². The number of nitrogens with zero attached hydrogens (tertiary/aromatic N) is 1. The van der Waals surface area contributed by atoms with E-state index in [0.717, 1.165) is 21.2 Å². The second kappa shape index (κ2) is 7.48. The van der Waals surface area contributed by atoms with Crippen LogP contribution in [-0.2, 0) is 0 Å². The van der Waals surface area contributed by atoms with Gasteiger partial charge in [-0.15, -0.1) is 11.8 Å². The Bertz CT molecular complexity index is 1580. The lowest BCUT2D eigenvalue weighted by Gasteiger charge is -2.47. The predicted octanol–water partition coefficient (Wildman–Crippen LogP) is 5.66. The molecule has 36 heavy (non-hydrogen) atoms. The fourth-order valence-electron chi connectivity index (χ4n) is 7.01. The summed E-state index contributed by atoms with van der Waals surface area (Å²) < 4.78 is 0. The highest BCUT2D eigenvalue weighted by molar-refractivity contribution is 7.99. The standard InChI is InChI=1S/C31H23NO3S/c1-32-17-25(21-15-8-10-19-9-2-3-11-20(19)21)30(18-36-26-16-7-6-14-24(26)27(30)33)31(32)28(34)22-12-4-5-13-23(22)29(31)35/h2-16,25H,17-18H2,1H3/t25-,30+/m0/s1. The molecule has 0 saturated carbocycles. The summed E-state index contributed by atoms with van der Waals surface area (Å²) in [5, 5.41) is 2.14. The predicted molar refractivity (Wildman–Crippen MR) is 141 cm³/mol. The number of likely N-dealkylation sites (tertiary alicyclic amines) is 1. The van der Waals surface area contributed by atoms with Gasteiger partial charge in [-0.25, -0.2) is 0 Å². The summed E-state index contributed by atoms with van der Waals surface area (Å²) in [6.07, 6.45) is 0. The monoisotopic (exact) mass is 489 g/mol. The topological polar surface area (TPSA) is 54.5 Å². The van der Waals surface area contributed by atoms with Crippen LogP contribution in [0.3, 0.4) is 0 Å². The number of ketones is 3. The van der Waals surface area contributed by atoms with Gasteiger partial charge < -0.3 is 0 Å². The summed E-state index contributed by atoms with van der Waals surface area (Å²) >= 11 is 1.59. The lowest BCUT2D eigenvalue weighted by atomic mass is 9.58. The Hall–Kier alpha value is -3.54. The minimum Gasteiger partial charge on any atom is -0.293 e. The zero-order chi connectivity index (χ0) is 24.7. The van der Waals surface area contributed by atoms with Gasteiger partial charge in [0.25, 0.3) is 0 Å². The van der Waals surface area contributed by atoms with Gasteiger partial charge in [0.2, 0.25) is 0 Å². The lowest BCUT2D eigenvalue weighted by Crippen LogP contribution is -2.66. The van der Waals surface area contributed by atoms with Gasteiger partial charge in [0.05, 0.1) is 5.41 Å². The number of benzene rings is 4. The van der Waals surface area contributed by atoms with Crippen molar-refractivity contribution >= 4 is 39.9 Å². The summed E-state index contributed by atoms with van der Waals surface area (Å²) in [5.41, 5.74) is -0.353. The molecule has 0 amide bonds. The molecule has 2 heterocycles. The van der Waals surface area contributed by atoms with Gasteiger partial charge in [-0.2, -0.15) is 0 Å². The average Bonchev–Trinajstić information content (AvgIpc) is 3.31. The van der Waals surface area contributed by atoms with Crippen LogP contribution < -0.4 is 0 Å². The second-order valence-electron chi connectivity index (χ2n) is 10.0. The Morgan fingerprint density at radius 1 is 0.722 bits per heavy atom. The highest BCUT2D eigenvalue weighted by Gasteiger charge is 2.76. The van der Waals surface area contributed by atoms with E-state index in [0.29, 0.717) is 29.0 Å². The smallest absolute Gasteiger partial charge is 0.192 e. The molecule has 2 atom stereocenters. The maximum absolute atomic E-state index is 14.8. The molecule has 2 aliphatic heterocycles. The van der Waals surface area contributed by atoms with E-state index in [1.165, 1.54) is 0 Å². The van der Waals surface area contributed by atoms with Crippen LogP contribution in [0.1, 0.15) is 42.6 Å². The number of Topliss-reactive ketones (excluding diaryl/α,β-unsaturated/α-hetero) is 3. The van der Waals surface area contributed by atoms with Crippen LogP contribution in [0.15, 0.2) is 95.9 Å². The third kappa shape index (κ3) is 2.42. The van der Waals surface area contributed by atoms with E-state index in [-0.39, 0.29) is 23.3 Å². The SMILES string of the molecule is CN1C[C@@H](c2cccc3ccccc23)[C@@]2(CSc3ccccc3C2=O)C12C(=O)c1ccccc1C2=O. The molecule has 4 aromatic carbocycles. The number of rotatable bonds is 1. The summed E-state index contributed by atoms with van der Waals surface area (Å²) in [4.78, 5) is 46.3. The van der Waals surface area contributed by atoms with Crippen molar-refractivity contribution in [2.75, 3.05) is 19.3 Å². The van der Waals surface area contributed by atoms with Crippen molar-refractivity contribution in [3.8, 4) is 0 Å². The zero-order valence-corrected chi connectivity index (χ0v) is 20.5.